The van der Waals surface area contributed by atoms with Crippen molar-refractivity contribution in [1.82, 2.24) is 0 Å². The molecule has 3 nitrogen and oxygen atoms in total. The lowest BCUT2D eigenvalue weighted by Crippen LogP contribution is -2.23. The lowest BCUT2D eigenvalue weighted by molar-refractivity contribution is -0.0506. The van der Waals surface area contributed by atoms with Gasteiger partial charge in [0, 0.05) is 6.61 Å². The highest BCUT2D eigenvalue weighted by Gasteiger charge is 2.06. The van der Waals surface area contributed by atoms with Crippen LogP contribution in [0, 0.1) is 0 Å². The third-order valence-electron chi connectivity index (χ3n) is 1.67. The lowest BCUT2D eigenvalue weighted by atomic mass is 10.4. The van der Waals surface area contributed by atoms with Crippen molar-refractivity contribution in [2.45, 2.75) is 33.0 Å². The van der Waals surface area contributed by atoms with Crippen molar-refractivity contribution in [3.8, 4) is 0 Å². The van der Waals surface area contributed by atoms with Gasteiger partial charge in [0.1, 0.15) is 0 Å². The first kappa shape index (κ1) is 13.6. The van der Waals surface area contributed by atoms with Crippen LogP contribution in [0.5, 0.6) is 0 Å². The molecule has 2 atom stereocenters. The molecule has 0 rings (SSSR count). The summed E-state index contributed by atoms with van der Waals surface area (Å²) >= 11 is 0. The van der Waals surface area contributed by atoms with E-state index in [2.05, 4.69) is 6.58 Å². The molecule has 0 amide bonds. The Morgan fingerprint density at radius 3 is 2.36 bits per heavy atom. The Kier molecular flexibility index (Phi) is 8.94. The Labute approximate surface area is 87.0 Å². The standard InChI is InChI=1S/C11H22O3/c1-5-7-13-11(4)9-14-10(3)8-12-6-2/h5,10-11H,1,6-9H2,2-4H3. The van der Waals surface area contributed by atoms with Gasteiger partial charge in [-0.05, 0) is 20.8 Å². The lowest BCUT2D eigenvalue weighted by Gasteiger charge is -2.16. The monoisotopic (exact) mass is 202 g/mol. The molecule has 0 fully saturated rings. The molecule has 14 heavy (non-hydrogen) atoms. The van der Waals surface area contributed by atoms with Crippen molar-refractivity contribution in [1.29, 1.82) is 0 Å². The fraction of sp³-hybridized carbons (Fsp3) is 0.818. The number of rotatable bonds is 9. The first-order valence-electron chi connectivity index (χ1n) is 5.12. The molecule has 0 aliphatic rings. The zero-order valence-corrected chi connectivity index (χ0v) is 9.49. The van der Waals surface area contributed by atoms with E-state index in [1.807, 2.05) is 20.8 Å². The van der Waals surface area contributed by atoms with Crippen LogP contribution in [0.15, 0.2) is 12.7 Å². The van der Waals surface area contributed by atoms with Crippen LogP contribution in [0.2, 0.25) is 0 Å². The van der Waals surface area contributed by atoms with Crippen molar-refractivity contribution >= 4 is 0 Å². The van der Waals surface area contributed by atoms with Gasteiger partial charge in [-0.25, -0.2) is 0 Å². The summed E-state index contributed by atoms with van der Waals surface area (Å²) in [5, 5.41) is 0. The molecular formula is C11H22O3. The summed E-state index contributed by atoms with van der Waals surface area (Å²) in [6.07, 6.45) is 1.97. The van der Waals surface area contributed by atoms with E-state index < -0.39 is 0 Å². The van der Waals surface area contributed by atoms with Gasteiger partial charge in [0.05, 0.1) is 32.0 Å². The summed E-state index contributed by atoms with van der Waals surface area (Å²) in [5.74, 6) is 0. The number of ether oxygens (including phenoxy) is 3. The van der Waals surface area contributed by atoms with Crippen LogP contribution in [0.25, 0.3) is 0 Å². The third-order valence-corrected chi connectivity index (χ3v) is 1.67. The highest BCUT2D eigenvalue weighted by atomic mass is 16.6. The Morgan fingerprint density at radius 1 is 1.14 bits per heavy atom. The van der Waals surface area contributed by atoms with Crippen molar-refractivity contribution in [3.05, 3.63) is 12.7 Å². The molecule has 0 aromatic rings. The topological polar surface area (TPSA) is 27.7 Å². The Bertz CT molecular complexity index is 136. The molecule has 0 aliphatic carbocycles. The van der Waals surface area contributed by atoms with E-state index >= 15 is 0 Å². The Hall–Kier alpha value is -0.380. The van der Waals surface area contributed by atoms with E-state index in [1.54, 1.807) is 6.08 Å². The molecule has 2 unspecified atom stereocenters. The van der Waals surface area contributed by atoms with Crippen LogP contribution in [-0.4, -0.2) is 38.6 Å². The van der Waals surface area contributed by atoms with Crippen LogP contribution in [0.4, 0.5) is 0 Å². The zero-order valence-electron chi connectivity index (χ0n) is 9.49. The molecule has 0 aromatic carbocycles. The molecule has 0 N–H and O–H groups in total. The highest BCUT2D eigenvalue weighted by Crippen LogP contribution is 1.97. The molecule has 0 saturated heterocycles. The summed E-state index contributed by atoms with van der Waals surface area (Å²) in [7, 11) is 0. The van der Waals surface area contributed by atoms with Gasteiger partial charge in [0.2, 0.25) is 0 Å². The van der Waals surface area contributed by atoms with Crippen LogP contribution in [-0.2, 0) is 14.2 Å². The first-order valence-corrected chi connectivity index (χ1v) is 5.12. The second-order valence-corrected chi connectivity index (χ2v) is 3.24. The molecule has 0 radical (unpaired) electrons. The molecule has 0 saturated carbocycles. The van der Waals surface area contributed by atoms with Gasteiger partial charge in [-0.1, -0.05) is 6.08 Å². The van der Waals surface area contributed by atoms with Crippen molar-refractivity contribution in [2.24, 2.45) is 0 Å². The maximum atomic E-state index is 5.52. The molecule has 0 spiro atoms. The Morgan fingerprint density at radius 2 is 1.79 bits per heavy atom. The fourth-order valence-electron chi connectivity index (χ4n) is 0.912. The highest BCUT2D eigenvalue weighted by molar-refractivity contribution is 4.65. The molecule has 3 heteroatoms. The van der Waals surface area contributed by atoms with E-state index in [9.17, 15) is 0 Å². The minimum Gasteiger partial charge on any atom is -0.379 e. The second kappa shape index (κ2) is 9.19. The number of hydrogen-bond donors (Lipinski definition) is 0. The zero-order chi connectivity index (χ0) is 10.8. The fourth-order valence-corrected chi connectivity index (χ4v) is 0.912. The van der Waals surface area contributed by atoms with Gasteiger partial charge in [0.25, 0.3) is 0 Å². The number of hydrogen-bond acceptors (Lipinski definition) is 3. The predicted octanol–water partition coefficient (Wildman–Crippen LogP) is 2.02. The average Bonchev–Trinajstić information content (AvgIpc) is 2.20. The predicted molar refractivity (Wildman–Crippen MR) is 57.5 cm³/mol. The largest absolute Gasteiger partial charge is 0.379 e. The van der Waals surface area contributed by atoms with Crippen molar-refractivity contribution in [2.75, 3.05) is 26.4 Å². The smallest absolute Gasteiger partial charge is 0.0784 e. The Balaban J connectivity index is 3.35. The second-order valence-electron chi connectivity index (χ2n) is 3.24. The summed E-state index contributed by atoms with van der Waals surface area (Å²) in [5.41, 5.74) is 0. The van der Waals surface area contributed by atoms with Crippen LogP contribution >= 0.6 is 0 Å². The molecular weight excluding hydrogens is 180 g/mol. The molecule has 0 aliphatic heterocycles. The van der Waals surface area contributed by atoms with Crippen molar-refractivity contribution < 1.29 is 14.2 Å². The SMILES string of the molecule is C=CCOC(C)COC(C)COCC. The van der Waals surface area contributed by atoms with E-state index in [0.29, 0.717) is 19.8 Å². The third kappa shape index (κ3) is 8.23. The summed E-state index contributed by atoms with van der Waals surface area (Å²) in [6.45, 7) is 12.1. The summed E-state index contributed by atoms with van der Waals surface area (Å²) in [4.78, 5) is 0. The van der Waals surface area contributed by atoms with Crippen LogP contribution in [0.1, 0.15) is 20.8 Å². The van der Waals surface area contributed by atoms with Gasteiger partial charge < -0.3 is 14.2 Å². The van der Waals surface area contributed by atoms with Crippen LogP contribution in [0.3, 0.4) is 0 Å². The van der Waals surface area contributed by atoms with Crippen LogP contribution < -0.4 is 0 Å². The minimum absolute atomic E-state index is 0.108. The normalized spacial score (nSPS) is 15.1. The molecule has 0 aromatic heterocycles. The summed E-state index contributed by atoms with van der Waals surface area (Å²) < 4.78 is 16.1. The van der Waals surface area contributed by atoms with Gasteiger partial charge in [-0.15, -0.1) is 6.58 Å². The van der Waals surface area contributed by atoms with Gasteiger partial charge in [-0.2, -0.15) is 0 Å². The molecule has 84 valence electrons. The maximum absolute atomic E-state index is 5.52. The van der Waals surface area contributed by atoms with Gasteiger partial charge in [-0.3, -0.25) is 0 Å². The molecule has 0 heterocycles. The van der Waals surface area contributed by atoms with E-state index in [1.165, 1.54) is 0 Å². The average molecular weight is 202 g/mol. The van der Waals surface area contributed by atoms with Gasteiger partial charge >= 0.3 is 0 Å². The minimum atomic E-state index is 0.108. The van der Waals surface area contributed by atoms with E-state index in [4.69, 9.17) is 14.2 Å². The maximum Gasteiger partial charge on any atom is 0.0784 e. The van der Waals surface area contributed by atoms with E-state index in [0.717, 1.165) is 6.61 Å². The van der Waals surface area contributed by atoms with E-state index in [-0.39, 0.29) is 12.2 Å². The molecule has 0 bridgehead atoms. The summed E-state index contributed by atoms with van der Waals surface area (Å²) in [6, 6.07) is 0. The van der Waals surface area contributed by atoms with Crippen molar-refractivity contribution in [3.63, 3.8) is 0 Å². The quantitative estimate of drug-likeness (QED) is 0.535. The first-order chi connectivity index (χ1) is 6.70. The van der Waals surface area contributed by atoms with Gasteiger partial charge in [0.15, 0.2) is 0 Å².